The summed E-state index contributed by atoms with van der Waals surface area (Å²) in [6, 6.07) is 1.07. The molecule has 1 heterocycles. The van der Waals surface area contributed by atoms with Crippen molar-refractivity contribution in [2.24, 2.45) is 5.73 Å². The van der Waals surface area contributed by atoms with Gasteiger partial charge in [0.2, 0.25) is 0 Å². The minimum atomic E-state index is -0.853. The van der Waals surface area contributed by atoms with Crippen molar-refractivity contribution in [3.05, 3.63) is 18.0 Å². The number of aryl methyl sites for hydroxylation is 1. The molecule has 80 valence electrons. The van der Waals surface area contributed by atoms with Gasteiger partial charge in [0.25, 0.3) is 0 Å². The molecule has 2 atom stereocenters. The molecule has 5 nitrogen and oxygen atoms in total. The van der Waals surface area contributed by atoms with Gasteiger partial charge in [-0.2, -0.15) is 5.10 Å². The summed E-state index contributed by atoms with van der Waals surface area (Å²) < 4.78 is 1.71. The molecule has 0 fully saturated rings. The summed E-state index contributed by atoms with van der Waals surface area (Å²) >= 11 is 0. The van der Waals surface area contributed by atoms with Crippen LogP contribution in [0.3, 0.4) is 0 Å². The van der Waals surface area contributed by atoms with E-state index in [1.165, 1.54) is 0 Å². The van der Waals surface area contributed by atoms with Crippen molar-refractivity contribution in [3.8, 4) is 0 Å². The number of rotatable bonds is 5. The highest BCUT2D eigenvalue weighted by atomic mass is 16.3. The van der Waals surface area contributed by atoms with E-state index in [9.17, 15) is 5.11 Å². The Labute approximate surface area is 83.2 Å². The average Bonchev–Trinajstić information content (AvgIpc) is 2.64. The zero-order chi connectivity index (χ0) is 10.6. The smallest absolute Gasteiger partial charge is 0.113 e. The summed E-state index contributed by atoms with van der Waals surface area (Å²) in [4.78, 5) is 0. The molecule has 0 radical (unpaired) electrons. The van der Waals surface area contributed by atoms with Crippen LogP contribution in [0.4, 0.5) is 0 Å². The van der Waals surface area contributed by atoms with Crippen molar-refractivity contribution in [1.82, 2.24) is 9.78 Å². The van der Waals surface area contributed by atoms with Crippen LogP contribution in [0.1, 0.15) is 25.1 Å². The van der Waals surface area contributed by atoms with E-state index in [4.69, 9.17) is 10.8 Å². The molecular weight excluding hydrogens is 182 g/mol. The molecule has 1 rings (SSSR count). The molecule has 0 amide bonds. The number of aromatic nitrogens is 2. The zero-order valence-electron chi connectivity index (χ0n) is 8.30. The lowest BCUT2D eigenvalue weighted by atomic mass is 10.1. The van der Waals surface area contributed by atoms with Crippen LogP contribution in [0.2, 0.25) is 0 Å². The van der Waals surface area contributed by atoms with Gasteiger partial charge in [-0.15, -0.1) is 0 Å². The highest BCUT2D eigenvalue weighted by Gasteiger charge is 2.19. The minimum absolute atomic E-state index is 0.238. The van der Waals surface area contributed by atoms with E-state index in [2.05, 4.69) is 5.10 Å². The molecule has 0 aromatic carbocycles. The Morgan fingerprint density at radius 1 is 1.64 bits per heavy atom. The largest absolute Gasteiger partial charge is 0.395 e. The summed E-state index contributed by atoms with van der Waals surface area (Å²) in [6.07, 6.45) is 1.71. The topological polar surface area (TPSA) is 84.3 Å². The Morgan fingerprint density at radius 3 is 2.93 bits per heavy atom. The zero-order valence-corrected chi connectivity index (χ0v) is 8.30. The van der Waals surface area contributed by atoms with E-state index in [0.717, 1.165) is 13.0 Å². The summed E-state index contributed by atoms with van der Waals surface area (Å²) in [7, 11) is 0. The van der Waals surface area contributed by atoms with Crippen molar-refractivity contribution >= 4 is 0 Å². The van der Waals surface area contributed by atoms with Crippen LogP contribution < -0.4 is 5.73 Å². The molecule has 2 unspecified atom stereocenters. The first kappa shape index (κ1) is 11.2. The maximum atomic E-state index is 9.74. The van der Waals surface area contributed by atoms with Gasteiger partial charge in [0.1, 0.15) is 6.10 Å². The molecule has 0 saturated carbocycles. The van der Waals surface area contributed by atoms with E-state index < -0.39 is 12.1 Å². The Balaban J connectivity index is 2.77. The lowest BCUT2D eigenvalue weighted by Gasteiger charge is -2.17. The van der Waals surface area contributed by atoms with Crippen LogP contribution in [-0.4, -0.2) is 32.6 Å². The fourth-order valence-electron chi connectivity index (χ4n) is 1.31. The monoisotopic (exact) mass is 199 g/mol. The van der Waals surface area contributed by atoms with Crippen molar-refractivity contribution < 1.29 is 10.2 Å². The molecule has 0 bridgehead atoms. The number of aliphatic hydroxyl groups is 2. The van der Waals surface area contributed by atoms with Crippen molar-refractivity contribution in [3.63, 3.8) is 0 Å². The van der Waals surface area contributed by atoms with Crippen LogP contribution in [0.5, 0.6) is 0 Å². The Kier molecular flexibility index (Phi) is 4.06. The van der Waals surface area contributed by atoms with Crippen LogP contribution in [0, 0.1) is 0 Å². The van der Waals surface area contributed by atoms with E-state index in [1.807, 2.05) is 6.92 Å². The van der Waals surface area contributed by atoms with Crippen LogP contribution in [-0.2, 0) is 6.54 Å². The Hall–Kier alpha value is -0.910. The predicted octanol–water partition coefficient (Wildman–Crippen LogP) is -0.354. The van der Waals surface area contributed by atoms with Gasteiger partial charge in [-0.05, 0) is 12.5 Å². The minimum Gasteiger partial charge on any atom is -0.395 e. The summed E-state index contributed by atoms with van der Waals surface area (Å²) in [5, 5.41) is 22.6. The molecule has 0 spiro atoms. The Bertz CT molecular complexity index is 275. The van der Waals surface area contributed by atoms with Gasteiger partial charge in [0, 0.05) is 12.7 Å². The maximum Gasteiger partial charge on any atom is 0.113 e. The van der Waals surface area contributed by atoms with Crippen molar-refractivity contribution in [2.75, 3.05) is 6.61 Å². The van der Waals surface area contributed by atoms with Gasteiger partial charge in [-0.25, -0.2) is 0 Å². The highest BCUT2D eigenvalue weighted by molar-refractivity contribution is 5.07. The normalized spacial score (nSPS) is 15.4. The Morgan fingerprint density at radius 2 is 2.36 bits per heavy atom. The van der Waals surface area contributed by atoms with E-state index >= 15 is 0 Å². The molecule has 4 N–H and O–H groups in total. The number of nitrogens with zero attached hydrogens (tertiary/aromatic N) is 2. The molecular formula is C9H17N3O2. The fraction of sp³-hybridized carbons (Fsp3) is 0.667. The van der Waals surface area contributed by atoms with E-state index in [0.29, 0.717) is 5.69 Å². The molecule has 0 aliphatic carbocycles. The third-order valence-corrected chi connectivity index (χ3v) is 2.10. The van der Waals surface area contributed by atoms with Gasteiger partial charge in [0.05, 0.1) is 18.3 Å². The third-order valence-electron chi connectivity index (χ3n) is 2.10. The fourth-order valence-corrected chi connectivity index (χ4v) is 1.31. The van der Waals surface area contributed by atoms with Crippen LogP contribution in [0.15, 0.2) is 12.3 Å². The van der Waals surface area contributed by atoms with Gasteiger partial charge >= 0.3 is 0 Å². The van der Waals surface area contributed by atoms with Gasteiger partial charge in [0.15, 0.2) is 0 Å². The molecule has 5 heteroatoms. The van der Waals surface area contributed by atoms with Gasteiger partial charge < -0.3 is 15.9 Å². The molecule has 1 aromatic rings. The summed E-state index contributed by atoms with van der Waals surface area (Å²) in [5.41, 5.74) is 6.19. The van der Waals surface area contributed by atoms with Crippen molar-refractivity contribution in [2.45, 2.75) is 32.0 Å². The lowest BCUT2D eigenvalue weighted by molar-refractivity contribution is 0.101. The van der Waals surface area contributed by atoms with Gasteiger partial charge in [-0.1, -0.05) is 6.92 Å². The van der Waals surface area contributed by atoms with E-state index in [-0.39, 0.29) is 6.61 Å². The second-order valence-electron chi connectivity index (χ2n) is 3.27. The van der Waals surface area contributed by atoms with E-state index in [1.54, 1.807) is 16.9 Å². The number of hydrogen-bond acceptors (Lipinski definition) is 4. The number of aliphatic hydroxyl groups excluding tert-OH is 2. The molecule has 0 aliphatic heterocycles. The quantitative estimate of drug-likeness (QED) is 0.605. The summed E-state index contributed by atoms with van der Waals surface area (Å²) in [6.45, 7) is 2.54. The maximum absolute atomic E-state index is 9.74. The first-order valence-corrected chi connectivity index (χ1v) is 4.77. The highest BCUT2D eigenvalue weighted by Crippen LogP contribution is 2.15. The second-order valence-corrected chi connectivity index (χ2v) is 3.27. The molecule has 0 aliphatic rings. The third kappa shape index (κ3) is 2.31. The summed E-state index contributed by atoms with van der Waals surface area (Å²) in [5.74, 6) is 0. The number of hydrogen-bond donors (Lipinski definition) is 3. The van der Waals surface area contributed by atoms with Gasteiger partial charge in [-0.3, -0.25) is 4.68 Å². The average molecular weight is 199 g/mol. The first-order valence-electron chi connectivity index (χ1n) is 4.77. The molecule has 1 aromatic heterocycles. The molecule has 0 saturated heterocycles. The van der Waals surface area contributed by atoms with Crippen molar-refractivity contribution in [1.29, 1.82) is 0 Å². The first-order chi connectivity index (χ1) is 6.70. The molecule has 14 heavy (non-hydrogen) atoms. The predicted molar refractivity (Wildman–Crippen MR) is 52.5 cm³/mol. The lowest BCUT2D eigenvalue weighted by Crippen LogP contribution is -2.33. The standard InChI is InChI=1S/C9H17N3O2/c1-2-5-12-8(3-4-11-12)9(14)7(10)6-13/h3-4,7,9,13-14H,2,5-6,10H2,1H3. The SMILES string of the molecule is CCCn1nccc1C(O)C(N)CO. The van der Waals surface area contributed by atoms with Crippen LogP contribution in [0.25, 0.3) is 0 Å². The second kappa shape index (κ2) is 5.09. The number of nitrogens with two attached hydrogens (primary N) is 1. The van der Waals surface area contributed by atoms with Crippen LogP contribution >= 0.6 is 0 Å².